The van der Waals surface area contributed by atoms with Crippen molar-refractivity contribution in [2.75, 3.05) is 11.9 Å². The number of fused-ring (bicyclic) bond motifs is 1. The standard InChI is InChI=1S/C21H21FN4/c1-13-4-7-17(22)10-18(13)15-6-5-14-9-19(23-11-16(14)8-15)25-20-24-12-21(2,3)26-20/h4-11H,12H2,1-3H3,(H2,23,24,25,26). The van der Waals surface area contributed by atoms with Crippen LogP contribution in [0.1, 0.15) is 19.4 Å². The summed E-state index contributed by atoms with van der Waals surface area (Å²) in [6.45, 7) is 6.96. The fraction of sp³-hybridized carbons (Fsp3) is 0.238. The SMILES string of the molecule is Cc1ccc(F)cc1-c1ccc2cc(NC3=NC(C)(C)CN3)ncc2c1. The summed E-state index contributed by atoms with van der Waals surface area (Å²) in [5.41, 5.74) is 2.84. The van der Waals surface area contributed by atoms with Gasteiger partial charge in [0.25, 0.3) is 0 Å². The maximum atomic E-state index is 13.6. The second kappa shape index (κ2) is 6.09. The number of pyridine rings is 1. The van der Waals surface area contributed by atoms with Gasteiger partial charge in [0.15, 0.2) is 5.96 Å². The van der Waals surface area contributed by atoms with E-state index < -0.39 is 0 Å². The number of nitrogens with zero attached hydrogens (tertiary/aromatic N) is 2. The third-order valence-corrected chi connectivity index (χ3v) is 4.58. The van der Waals surface area contributed by atoms with Gasteiger partial charge in [-0.1, -0.05) is 18.2 Å². The third kappa shape index (κ3) is 3.25. The lowest BCUT2D eigenvalue weighted by atomic mass is 9.98. The molecule has 4 rings (SSSR count). The lowest BCUT2D eigenvalue weighted by Gasteiger charge is -2.09. The van der Waals surface area contributed by atoms with Crippen LogP contribution in [0.2, 0.25) is 0 Å². The molecule has 0 aliphatic carbocycles. The molecule has 1 aliphatic heterocycles. The topological polar surface area (TPSA) is 49.3 Å². The average molecular weight is 348 g/mol. The second-order valence-corrected chi connectivity index (χ2v) is 7.34. The van der Waals surface area contributed by atoms with E-state index in [0.717, 1.165) is 45.8 Å². The van der Waals surface area contributed by atoms with Gasteiger partial charge in [-0.15, -0.1) is 0 Å². The number of benzene rings is 2. The molecule has 3 aromatic rings. The van der Waals surface area contributed by atoms with E-state index in [2.05, 4.69) is 34.5 Å². The normalized spacial score (nSPS) is 15.6. The summed E-state index contributed by atoms with van der Waals surface area (Å²) in [6, 6.07) is 13.0. The van der Waals surface area contributed by atoms with Crippen molar-refractivity contribution in [2.45, 2.75) is 26.3 Å². The molecule has 0 atom stereocenters. The summed E-state index contributed by atoms with van der Waals surface area (Å²) >= 11 is 0. The number of aromatic nitrogens is 1. The lowest BCUT2D eigenvalue weighted by molar-refractivity contribution is 0.549. The summed E-state index contributed by atoms with van der Waals surface area (Å²) in [5, 5.41) is 8.56. The van der Waals surface area contributed by atoms with Gasteiger partial charge < -0.3 is 10.6 Å². The number of nitrogens with one attached hydrogen (secondary N) is 2. The van der Waals surface area contributed by atoms with Crippen LogP contribution in [0, 0.1) is 12.7 Å². The largest absolute Gasteiger partial charge is 0.354 e. The molecule has 2 heterocycles. The highest BCUT2D eigenvalue weighted by Crippen LogP contribution is 2.28. The first kappa shape index (κ1) is 16.5. The first-order valence-electron chi connectivity index (χ1n) is 8.67. The Hall–Kier alpha value is -2.95. The average Bonchev–Trinajstić information content (AvgIpc) is 2.95. The summed E-state index contributed by atoms with van der Waals surface area (Å²) in [4.78, 5) is 9.07. The van der Waals surface area contributed by atoms with Gasteiger partial charge in [-0.05, 0) is 67.1 Å². The van der Waals surface area contributed by atoms with E-state index in [9.17, 15) is 4.39 Å². The van der Waals surface area contributed by atoms with E-state index >= 15 is 0 Å². The van der Waals surface area contributed by atoms with Gasteiger partial charge in [0, 0.05) is 18.1 Å². The van der Waals surface area contributed by atoms with E-state index in [1.54, 1.807) is 12.1 Å². The van der Waals surface area contributed by atoms with E-state index in [4.69, 9.17) is 0 Å². The minimum atomic E-state index is -0.226. The smallest absolute Gasteiger partial charge is 0.197 e. The quantitative estimate of drug-likeness (QED) is 0.717. The molecule has 0 radical (unpaired) electrons. The minimum Gasteiger partial charge on any atom is -0.354 e. The predicted octanol–water partition coefficient (Wildman–Crippen LogP) is 4.50. The van der Waals surface area contributed by atoms with Gasteiger partial charge in [0.2, 0.25) is 0 Å². The van der Waals surface area contributed by atoms with Gasteiger partial charge in [0.05, 0.1) is 5.54 Å². The highest BCUT2D eigenvalue weighted by atomic mass is 19.1. The Labute approximate surface area is 152 Å². The zero-order valence-corrected chi connectivity index (χ0v) is 15.1. The molecule has 2 N–H and O–H groups in total. The first-order chi connectivity index (χ1) is 12.4. The molecule has 132 valence electrons. The van der Waals surface area contributed by atoms with Crippen LogP contribution in [0.25, 0.3) is 21.9 Å². The molecule has 1 aromatic heterocycles. The first-order valence-corrected chi connectivity index (χ1v) is 8.67. The Morgan fingerprint density at radius 3 is 2.69 bits per heavy atom. The van der Waals surface area contributed by atoms with Crippen LogP contribution in [-0.4, -0.2) is 23.0 Å². The summed E-state index contributed by atoms with van der Waals surface area (Å²) in [5.74, 6) is 1.26. The highest BCUT2D eigenvalue weighted by molar-refractivity contribution is 5.96. The van der Waals surface area contributed by atoms with Crippen LogP contribution in [0.15, 0.2) is 53.7 Å². The molecule has 1 aliphatic rings. The number of anilines is 1. The molecule has 0 fully saturated rings. The van der Waals surface area contributed by atoms with Crippen molar-refractivity contribution in [3.8, 4) is 11.1 Å². The van der Waals surface area contributed by atoms with Crippen LogP contribution < -0.4 is 10.6 Å². The third-order valence-electron chi connectivity index (χ3n) is 4.58. The molecule has 0 saturated heterocycles. The van der Waals surface area contributed by atoms with Crippen LogP contribution >= 0.6 is 0 Å². The summed E-state index contributed by atoms with van der Waals surface area (Å²) in [7, 11) is 0. The van der Waals surface area contributed by atoms with Crippen LogP contribution in [0.3, 0.4) is 0 Å². The Bertz CT molecular complexity index is 1020. The van der Waals surface area contributed by atoms with Crippen molar-refractivity contribution in [3.05, 3.63) is 60.0 Å². The van der Waals surface area contributed by atoms with Gasteiger partial charge in [0.1, 0.15) is 11.6 Å². The zero-order chi connectivity index (χ0) is 18.3. The molecule has 2 aromatic carbocycles. The van der Waals surface area contributed by atoms with E-state index in [0.29, 0.717) is 0 Å². The molecule has 26 heavy (non-hydrogen) atoms. The van der Waals surface area contributed by atoms with Crippen LogP contribution in [0.5, 0.6) is 0 Å². The molecule has 0 saturated carbocycles. The molecule has 0 unspecified atom stereocenters. The maximum absolute atomic E-state index is 13.6. The lowest BCUT2D eigenvalue weighted by Crippen LogP contribution is -2.29. The van der Waals surface area contributed by atoms with Gasteiger partial charge in [-0.2, -0.15) is 0 Å². The Morgan fingerprint density at radius 2 is 1.92 bits per heavy atom. The molecular weight excluding hydrogens is 327 g/mol. The van der Waals surface area contributed by atoms with E-state index in [1.807, 2.05) is 37.4 Å². The fourth-order valence-corrected chi connectivity index (χ4v) is 3.16. The van der Waals surface area contributed by atoms with Crippen LogP contribution in [-0.2, 0) is 0 Å². The Morgan fingerprint density at radius 1 is 1.08 bits per heavy atom. The van der Waals surface area contributed by atoms with Crippen molar-refractivity contribution in [2.24, 2.45) is 4.99 Å². The van der Waals surface area contributed by atoms with E-state index in [-0.39, 0.29) is 11.4 Å². The molecule has 0 spiro atoms. The fourth-order valence-electron chi connectivity index (χ4n) is 3.16. The van der Waals surface area contributed by atoms with Crippen LogP contribution in [0.4, 0.5) is 10.2 Å². The maximum Gasteiger partial charge on any atom is 0.197 e. The van der Waals surface area contributed by atoms with Gasteiger partial charge in [-0.25, -0.2) is 14.4 Å². The van der Waals surface area contributed by atoms with Crippen molar-refractivity contribution in [1.29, 1.82) is 0 Å². The summed E-state index contributed by atoms with van der Waals surface area (Å²) in [6.07, 6.45) is 1.83. The number of aryl methyl sites for hydroxylation is 1. The second-order valence-electron chi connectivity index (χ2n) is 7.34. The van der Waals surface area contributed by atoms with Crippen molar-refractivity contribution in [3.63, 3.8) is 0 Å². The Balaban J connectivity index is 1.65. The molecule has 0 amide bonds. The number of hydrogen-bond acceptors (Lipinski definition) is 4. The molecular formula is C21H21FN4. The Kier molecular flexibility index (Phi) is 3.87. The number of guanidine groups is 1. The van der Waals surface area contributed by atoms with E-state index in [1.165, 1.54) is 6.07 Å². The number of rotatable bonds is 2. The number of halogens is 1. The number of hydrogen-bond donors (Lipinski definition) is 2. The molecule has 0 bridgehead atoms. The monoisotopic (exact) mass is 348 g/mol. The van der Waals surface area contributed by atoms with Crippen molar-refractivity contribution >= 4 is 22.5 Å². The molecule has 4 nitrogen and oxygen atoms in total. The van der Waals surface area contributed by atoms with Crippen molar-refractivity contribution in [1.82, 2.24) is 10.3 Å². The minimum absolute atomic E-state index is 0.100. The predicted molar refractivity (Wildman–Crippen MR) is 105 cm³/mol. The molecule has 5 heteroatoms. The van der Waals surface area contributed by atoms with Crippen molar-refractivity contribution < 1.29 is 4.39 Å². The summed E-state index contributed by atoms with van der Waals surface area (Å²) < 4.78 is 13.6. The number of aliphatic imine (C=N–C) groups is 1. The zero-order valence-electron chi connectivity index (χ0n) is 15.1. The van der Waals surface area contributed by atoms with Gasteiger partial charge >= 0.3 is 0 Å². The highest BCUT2D eigenvalue weighted by Gasteiger charge is 2.24. The van der Waals surface area contributed by atoms with Gasteiger partial charge in [-0.3, -0.25) is 0 Å².